The SMILES string of the molecule is O=C(O)Cn1c(-c2cccc3cccnc23)nc2ccccc21.[Cl-].[Cl-].[Pt+2]. The molecule has 4 aromatic rings. The fraction of sp³-hybridized carbons (Fsp3) is 0.0556. The molecule has 0 aliphatic heterocycles. The summed E-state index contributed by atoms with van der Waals surface area (Å²) in [5, 5.41) is 10.3. The number of nitrogens with zero attached hydrogens (tertiary/aromatic N) is 3. The van der Waals surface area contributed by atoms with Gasteiger partial charge in [-0.05, 0) is 24.3 Å². The number of aromatic nitrogens is 3. The zero-order valence-corrected chi connectivity index (χ0v) is 17.0. The van der Waals surface area contributed by atoms with Gasteiger partial charge in [-0.2, -0.15) is 0 Å². The van der Waals surface area contributed by atoms with E-state index in [1.807, 2.05) is 54.6 Å². The maximum Gasteiger partial charge on any atom is 2.00 e. The number of hydrogen-bond acceptors (Lipinski definition) is 3. The van der Waals surface area contributed by atoms with Gasteiger partial charge in [0.1, 0.15) is 12.4 Å². The smallest absolute Gasteiger partial charge is 1.00 e. The van der Waals surface area contributed by atoms with Gasteiger partial charge in [-0.1, -0.05) is 30.3 Å². The number of rotatable bonds is 3. The van der Waals surface area contributed by atoms with E-state index in [-0.39, 0.29) is 52.4 Å². The molecule has 0 aliphatic rings. The monoisotopic (exact) mass is 568 g/mol. The van der Waals surface area contributed by atoms with E-state index in [0.717, 1.165) is 27.5 Å². The molecule has 8 heteroatoms. The van der Waals surface area contributed by atoms with Gasteiger partial charge in [0.25, 0.3) is 0 Å². The fourth-order valence-corrected chi connectivity index (χ4v) is 2.86. The molecular formula is C18H13Cl2N3O2Pt. The first-order valence-electron chi connectivity index (χ1n) is 7.25. The molecule has 0 saturated heterocycles. The minimum absolute atomic E-state index is 0. The van der Waals surface area contributed by atoms with Gasteiger partial charge < -0.3 is 34.5 Å². The van der Waals surface area contributed by atoms with Crippen molar-refractivity contribution in [3.8, 4) is 11.4 Å². The van der Waals surface area contributed by atoms with Crippen molar-refractivity contribution >= 4 is 27.9 Å². The number of imidazole rings is 1. The van der Waals surface area contributed by atoms with E-state index < -0.39 is 5.97 Å². The van der Waals surface area contributed by atoms with Crippen LogP contribution in [0.5, 0.6) is 0 Å². The normalized spacial score (nSPS) is 9.85. The molecule has 5 nitrogen and oxygen atoms in total. The molecule has 2 heterocycles. The zero-order valence-electron chi connectivity index (χ0n) is 13.2. The van der Waals surface area contributed by atoms with Gasteiger partial charge in [0.05, 0.1) is 16.6 Å². The van der Waals surface area contributed by atoms with E-state index in [4.69, 9.17) is 0 Å². The number of hydrogen-bond donors (Lipinski definition) is 1. The number of para-hydroxylation sites is 3. The van der Waals surface area contributed by atoms with Crippen molar-refractivity contribution in [2.45, 2.75) is 6.54 Å². The molecule has 0 saturated carbocycles. The summed E-state index contributed by atoms with van der Waals surface area (Å²) in [6.07, 6.45) is 1.73. The molecule has 0 spiro atoms. The third-order valence-corrected chi connectivity index (χ3v) is 3.82. The Kier molecular flexibility index (Phi) is 7.76. The predicted molar refractivity (Wildman–Crippen MR) is 88.1 cm³/mol. The molecule has 0 atom stereocenters. The van der Waals surface area contributed by atoms with Crippen LogP contribution in [-0.4, -0.2) is 25.6 Å². The third-order valence-electron chi connectivity index (χ3n) is 3.82. The Labute approximate surface area is 176 Å². The van der Waals surface area contributed by atoms with Crippen molar-refractivity contribution in [1.29, 1.82) is 0 Å². The fourth-order valence-electron chi connectivity index (χ4n) is 2.86. The average molecular weight is 569 g/mol. The van der Waals surface area contributed by atoms with Crippen LogP contribution in [-0.2, 0) is 32.4 Å². The maximum atomic E-state index is 11.3. The molecule has 0 radical (unpaired) electrons. The van der Waals surface area contributed by atoms with Crippen LogP contribution in [0.15, 0.2) is 60.8 Å². The summed E-state index contributed by atoms with van der Waals surface area (Å²) in [5.41, 5.74) is 3.23. The first-order valence-corrected chi connectivity index (χ1v) is 7.25. The number of carboxylic acids is 1. The van der Waals surface area contributed by atoms with Crippen LogP contribution in [0.1, 0.15) is 0 Å². The predicted octanol–water partition coefficient (Wildman–Crippen LogP) is -2.66. The molecule has 1 N–H and O–H groups in total. The Morgan fingerprint density at radius 1 is 1.00 bits per heavy atom. The Balaban J connectivity index is 0.00000113. The minimum Gasteiger partial charge on any atom is -1.00 e. The molecule has 0 bridgehead atoms. The Bertz CT molecular complexity index is 1050. The van der Waals surface area contributed by atoms with Crippen molar-refractivity contribution < 1.29 is 55.8 Å². The van der Waals surface area contributed by atoms with Crippen molar-refractivity contribution in [1.82, 2.24) is 14.5 Å². The van der Waals surface area contributed by atoms with E-state index >= 15 is 0 Å². The summed E-state index contributed by atoms with van der Waals surface area (Å²) in [4.78, 5) is 20.4. The molecule has 4 rings (SSSR count). The number of fused-ring (bicyclic) bond motifs is 2. The van der Waals surface area contributed by atoms with E-state index in [0.29, 0.717) is 5.82 Å². The molecule has 0 amide bonds. The molecule has 0 unspecified atom stereocenters. The molecule has 2 aromatic heterocycles. The summed E-state index contributed by atoms with van der Waals surface area (Å²) in [6.45, 7) is -0.140. The second kappa shape index (κ2) is 9.13. The van der Waals surface area contributed by atoms with Gasteiger partial charge in [0.2, 0.25) is 0 Å². The number of carboxylic acid groups (broad SMARTS) is 1. The Morgan fingerprint density at radius 3 is 2.50 bits per heavy atom. The molecular weight excluding hydrogens is 556 g/mol. The number of pyridine rings is 1. The Morgan fingerprint density at radius 2 is 1.73 bits per heavy atom. The molecule has 26 heavy (non-hydrogen) atoms. The second-order valence-electron chi connectivity index (χ2n) is 5.28. The summed E-state index contributed by atoms with van der Waals surface area (Å²) < 4.78 is 1.72. The van der Waals surface area contributed by atoms with Crippen LogP contribution in [0.2, 0.25) is 0 Å². The van der Waals surface area contributed by atoms with Crippen molar-refractivity contribution in [2.24, 2.45) is 0 Å². The van der Waals surface area contributed by atoms with Gasteiger partial charge in [0, 0.05) is 17.1 Å². The van der Waals surface area contributed by atoms with E-state index in [9.17, 15) is 9.90 Å². The topological polar surface area (TPSA) is 68.0 Å². The molecule has 136 valence electrons. The third kappa shape index (κ3) is 3.90. The first-order chi connectivity index (χ1) is 11.2. The summed E-state index contributed by atoms with van der Waals surface area (Å²) in [5.74, 6) is -0.277. The molecule has 2 aromatic carbocycles. The van der Waals surface area contributed by atoms with Crippen molar-refractivity contribution in [3.63, 3.8) is 0 Å². The van der Waals surface area contributed by atoms with E-state index in [1.165, 1.54) is 0 Å². The van der Waals surface area contributed by atoms with Crippen molar-refractivity contribution in [2.75, 3.05) is 0 Å². The van der Waals surface area contributed by atoms with E-state index in [1.54, 1.807) is 10.8 Å². The van der Waals surface area contributed by atoms with Crippen LogP contribution < -0.4 is 24.8 Å². The van der Waals surface area contributed by atoms with Gasteiger partial charge in [-0.15, -0.1) is 0 Å². The van der Waals surface area contributed by atoms with Gasteiger partial charge >= 0.3 is 27.0 Å². The number of benzene rings is 2. The number of aliphatic carboxylic acids is 1. The standard InChI is InChI=1S/C18H13N3O2.2ClH.Pt/c22-16(23)11-21-15-9-2-1-8-14(15)20-18(21)13-7-3-5-12-6-4-10-19-17(12)13;;;/h1-10H,11H2,(H,22,23);2*1H;/q;;;+2/p-2. The van der Waals surface area contributed by atoms with Crippen LogP contribution >= 0.6 is 0 Å². The van der Waals surface area contributed by atoms with Gasteiger partial charge in [-0.25, -0.2) is 4.98 Å². The zero-order chi connectivity index (χ0) is 15.8. The summed E-state index contributed by atoms with van der Waals surface area (Å²) in [7, 11) is 0. The summed E-state index contributed by atoms with van der Waals surface area (Å²) in [6, 6.07) is 17.2. The average Bonchev–Trinajstić information content (AvgIpc) is 2.92. The number of halogens is 2. The Hall–Kier alpha value is -1.94. The van der Waals surface area contributed by atoms with Crippen LogP contribution in [0.3, 0.4) is 0 Å². The minimum atomic E-state index is -0.900. The van der Waals surface area contributed by atoms with Gasteiger partial charge in [-0.3, -0.25) is 9.78 Å². The molecule has 0 fully saturated rings. The summed E-state index contributed by atoms with van der Waals surface area (Å²) >= 11 is 0. The van der Waals surface area contributed by atoms with Crippen LogP contribution in [0.4, 0.5) is 0 Å². The van der Waals surface area contributed by atoms with Crippen molar-refractivity contribution in [3.05, 3.63) is 60.8 Å². The van der Waals surface area contributed by atoms with E-state index in [2.05, 4.69) is 9.97 Å². The first kappa shape index (κ1) is 22.1. The second-order valence-corrected chi connectivity index (χ2v) is 5.28. The largest absolute Gasteiger partial charge is 2.00 e. The maximum absolute atomic E-state index is 11.3. The molecule has 0 aliphatic carbocycles. The van der Waals surface area contributed by atoms with Crippen LogP contribution in [0.25, 0.3) is 33.3 Å². The van der Waals surface area contributed by atoms with Crippen LogP contribution in [0, 0.1) is 0 Å². The quantitative estimate of drug-likeness (QED) is 0.293. The number of carbonyl (C=O) groups is 1. The van der Waals surface area contributed by atoms with Gasteiger partial charge in [0.15, 0.2) is 0 Å².